The number of halogens is 1. The minimum absolute atomic E-state index is 0.0225. The molecule has 0 bridgehead atoms. The van der Waals surface area contributed by atoms with Gasteiger partial charge in [0.05, 0.1) is 0 Å². The van der Waals surface area contributed by atoms with Crippen LogP contribution in [-0.2, 0) is 16.1 Å². The van der Waals surface area contributed by atoms with Crippen LogP contribution in [0.25, 0.3) is 11.0 Å². The molecule has 0 atom stereocenters. The molecular formula is C20H17BrO5. The lowest BCUT2D eigenvalue weighted by Crippen LogP contribution is -2.15. The van der Waals surface area contributed by atoms with Crippen molar-refractivity contribution in [2.75, 3.05) is 6.61 Å². The van der Waals surface area contributed by atoms with Gasteiger partial charge in [0.2, 0.25) is 0 Å². The molecule has 1 aromatic heterocycles. The summed E-state index contributed by atoms with van der Waals surface area (Å²) in [5, 5.41) is 0.758. The van der Waals surface area contributed by atoms with Gasteiger partial charge in [-0.3, -0.25) is 0 Å². The van der Waals surface area contributed by atoms with E-state index in [-0.39, 0.29) is 13.2 Å². The number of ether oxygens (including phenoxy) is 2. The molecule has 26 heavy (non-hydrogen) atoms. The number of fused-ring (bicyclic) bond motifs is 1. The summed E-state index contributed by atoms with van der Waals surface area (Å²) in [6.45, 7) is 3.60. The van der Waals surface area contributed by atoms with E-state index in [0.717, 1.165) is 21.0 Å². The van der Waals surface area contributed by atoms with Crippen molar-refractivity contribution in [2.24, 2.45) is 0 Å². The largest absolute Gasteiger partial charge is 0.482 e. The summed E-state index contributed by atoms with van der Waals surface area (Å²) in [6, 6.07) is 12.3. The maximum atomic E-state index is 12.0. The van der Waals surface area contributed by atoms with E-state index in [1.54, 1.807) is 12.1 Å². The van der Waals surface area contributed by atoms with E-state index in [4.69, 9.17) is 13.9 Å². The Bertz CT molecular complexity index is 1020. The topological polar surface area (TPSA) is 65.7 Å². The van der Waals surface area contributed by atoms with Gasteiger partial charge in [-0.1, -0.05) is 34.1 Å². The van der Waals surface area contributed by atoms with Gasteiger partial charge in [-0.25, -0.2) is 9.59 Å². The molecule has 0 saturated carbocycles. The van der Waals surface area contributed by atoms with Crippen LogP contribution in [0.3, 0.4) is 0 Å². The molecule has 0 unspecified atom stereocenters. The zero-order valence-electron chi connectivity index (χ0n) is 14.4. The number of hydrogen-bond acceptors (Lipinski definition) is 5. The molecule has 0 aliphatic rings. The van der Waals surface area contributed by atoms with E-state index in [1.807, 2.05) is 38.1 Å². The Morgan fingerprint density at radius 2 is 1.96 bits per heavy atom. The molecule has 3 aromatic rings. The molecule has 0 saturated heterocycles. The van der Waals surface area contributed by atoms with E-state index in [1.165, 1.54) is 6.07 Å². The lowest BCUT2D eigenvalue weighted by molar-refractivity contribution is -0.147. The lowest BCUT2D eigenvalue weighted by Gasteiger charge is -2.10. The third-order valence-electron chi connectivity index (χ3n) is 4.06. The van der Waals surface area contributed by atoms with E-state index < -0.39 is 11.6 Å². The van der Waals surface area contributed by atoms with Crippen LogP contribution >= 0.6 is 15.9 Å². The van der Waals surface area contributed by atoms with E-state index in [2.05, 4.69) is 15.9 Å². The lowest BCUT2D eigenvalue weighted by atomic mass is 10.0. The van der Waals surface area contributed by atoms with Crippen molar-refractivity contribution in [2.45, 2.75) is 20.5 Å². The highest BCUT2D eigenvalue weighted by molar-refractivity contribution is 9.10. The Hall–Kier alpha value is -2.60. The predicted octanol–water partition coefficient (Wildman–Crippen LogP) is 4.29. The van der Waals surface area contributed by atoms with Crippen LogP contribution in [-0.4, -0.2) is 12.6 Å². The molecule has 0 N–H and O–H groups in total. The van der Waals surface area contributed by atoms with Crippen LogP contribution in [0.4, 0.5) is 0 Å². The molecule has 6 heteroatoms. The second-order valence-corrected chi connectivity index (χ2v) is 6.80. The number of hydrogen-bond donors (Lipinski definition) is 0. The van der Waals surface area contributed by atoms with Gasteiger partial charge in [0, 0.05) is 21.5 Å². The fourth-order valence-electron chi connectivity index (χ4n) is 2.54. The summed E-state index contributed by atoms with van der Waals surface area (Å²) in [4.78, 5) is 23.8. The molecular weight excluding hydrogens is 400 g/mol. The number of aryl methyl sites for hydroxylation is 2. The predicted molar refractivity (Wildman–Crippen MR) is 101 cm³/mol. The van der Waals surface area contributed by atoms with Crippen LogP contribution in [0.1, 0.15) is 16.7 Å². The van der Waals surface area contributed by atoms with Gasteiger partial charge in [0.25, 0.3) is 0 Å². The molecule has 0 radical (unpaired) electrons. The van der Waals surface area contributed by atoms with Gasteiger partial charge in [-0.2, -0.15) is 0 Å². The van der Waals surface area contributed by atoms with Gasteiger partial charge in [-0.15, -0.1) is 0 Å². The summed E-state index contributed by atoms with van der Waals surface area (Å²) in [5.41, 5.74) is 2.58. The van der Waals surface area contributed by atoms with Crippen molar-refractivity contribution in [3.05, 3.63) is 74.0 Å². The quantitative estimate of drug-likeness (QED) is 0.458. The minimum Gasteiger partial charge on any atom is -0.482 e. The van der Waals surface area contributed by atoms with E-state index in [0.29, 0.717) is 16.9 Å². The second-order valence-electron chi connectivity index (χ2n) is 5.88. The van der Waals surface area contributed by atoms with Crippen LogP contribution in [0, 0.1) is 13.8 Å². The molecule has 1 heterocycles. The maximum absolute atomic E-state index is 12.0. The Kier molecular flexibility index (Phi) is 5.42. The normalized spacial score (nSPS) is 10.7. The van der Waals surface area contributed by atoms with Crippen molar-refractivity contribution in [3.63, 3.8) is 0 Å². The Morgan fingerprint density at radius 1 is 1.15 bits per heavy atom. The van der Waals surface area contributed by atoms with Crippen LogP contribution in [0.2, 0.25) is 0 Å². The molecule has 0 aliphatic carbocycles. The van der Waals surface area contributed by atoms with Crippen molar-refractivity contribution in [1.29, 1.82) is 0 Å². The number of carbonyl (C=O) groups is 1. The second kappa shape index (κ2) is 7.74. The Morgan fingerprint density at radius 3 is 2.73 bits per heavy atom. The minimum atomic E-state index is -0.518. The number of esters is 1. The first-order valence-electron chi connectivity index (χ1n) is 8.01. The first-order chi connectivity index (χ1) is 12.4. The summed E-state index contributed by atoms with van der Waals surface area (Å²) >= 11 is 3.34. The maximum Gasteiger partial charge on any atom is 0.344 e. The molecule has 0 aliphatic heterocycles. The van der Waals surface area contributed by atoms with Gasteiger partial charge in [0.1, 0.15) is 17.9 Å². The summed E-state index contributed by atoms with van der Waals surface area (Å²) in [6.07, 6.45) is 0. The smallest absolute Gasteiger partial charge is 0.344 e. The standard InChI is InChI=1S/C20H17BrO5/c1-12-6-7-17-14(8-18(22)26-20(17)13(12)2)10-25-19(23)11-24-16-5-3-4-15(21)9-16/h3-9H,10-11H2,1-2H3. The molecule has 0 amide bonds. The zero-order chi connectivity index (χ0) is 18.7. The van der Waals surface area contributed by atoms with Crippen LogP contribution in [0.15, 0.2) is 56.1 Å². The molecule has 0 spiro atoms. The highest BCUT2D eigenvalue weighted by atomic mass is 79.9. The molecule has 0 fully saturated rings. The molecule has 134 valence electrons. The van der Waals surface area contributed by atoms with Crippen molar-refractivity contribution >= 4 is 32.9 Å². The van der Waals surface area contributed by atoms with Gasteiger partial charge < -0.3 is 13.9 Å². The van der Waals surface area contributed by atoms with Gasteiger partial charge >= 0.3 is 11.6 Å². The van der Waals surface area contributed by atoms with Crippen LogP contribution in [0.5, 0.6) is 5.75 Å². The van der Waals surface area contributed by atoms with Crippen molar-refractivity contribution < 1.29 is 18.7 Å². The summed E-state index contributed by atoms with van der Waals surface area (Å²) in [5.74, 6) is 0.0448. The molecule has 2 aromatic carbocycles. The summed E-state index contributed by atoms with van der Waals surface area (Å²) < 4.78 is 16.8. The number of rotatable bonds is 5. The number of carbonyl (C=O) groups excluding carboxylic acids is 1. The first kappa shape index (κ1) is 18.2. The average molecular weight is 417 g/mol. The highest BCUT2D eigenvalue weighted by Gasteiger charge is 2.12. The highest BCUT2D eigenvalue weighted by Crippen LogP contribution is 2.23. The fourth-order valence-corrected chi connectivity index (χ4v) is 2.92. The fraction of sp³-hybridized carbons (Fsp3) is 0.200. The third kappa shape index (κ3) is 4.14. The Balaban J connectivity index is 1.70. The van der Waals surface area contributed by atoms with Crippen molar-refractivity contribution in [1.82, 2.24) is 0 Å². The van der Waals surface area contributed by atoms with Crippen LogP contribution < -0.4 is 10.4 Å². The average Bonchev–Trinajstić information content (AvgIpc) is 2.61. The Labute approximate surface area is 158 Å². The molecule has 5 nitrogen and oxygen atoms in total. The number of benzene rings is 2. The van der Waals surface area contributed by atoms with E-state index in [9.17, 15) is 9.59 Å². The third-order valence-corrected chi connectivity index (χ3v) is 4.55. The summed E-state index contributed by atoms with van der Waals surface area (Å²) in [7, 11) is 0. The van der Waals surface area contributed by atoms with Gasteiger partial charge in [0.15, 0.2) is 6.61 Å². The van der Waals surface area contributed by atoms with E-state index >= 15 is 0 Å². The first-order valence-corrected chi connectivity index (χ1v) is 8.80. The van der Waals surface area contributed by atoms with Crippen molar-refractivity contribution in [3.8, 4) is 5.75 Å². The zero-order valence-corrected chi connectivity index (χ0v) is 16.0. The SMILES string of the molecule is Cc1ccc2c(COC(=O)COc3cccc(Br)c3)cc(=O)oc2c1C. The monoisotopic (exact) mass is 416 g/mol. The van der Waals surface area contributed by atoms with Gasteiger partial charge in [-0.05, 0) is 43.2 Å². The molecule has 3 rings (SSSR count).